The number of halogens is 2. The zero-order valence-corrected chi connectivity index (χ0v) is 14.3. The summed E-state index contributed by atoms with van der Waals surface area (Å²) < 4.78 is 13.1. The fourth-order valence-electron chi connectivity index (χ4n) is 2.93. The Bertz CT molecular complexity index is 716. The molecule has 0 bridgehead atoms. The number of nitrogens with one attached hydrogen (secondary N) is 2. The highest BCUT2D eigenvalue weighted by Gasteiger charge is 2.39. The fourth-order valence-corrected chi connectivity index (χ4v) is 3.12. The number of benzene rings is 2. The van der Waals surface area contributed by atoms with E-state index in [1.54, 1.807) is 24.3 Å². The highest BCUT2D eigenvalue weighted by molar-refractivity contribution is 6.30. The summed E-state index contributed by atoms with van der Waals surface area (Å²) in [5, 5.41) is 3.53. The van der Waals surface area contributed by atoms with Gasteiger partial charge in [-0.1, -0.05) is 29.8 Å². The Kier molecular flexibility index (Phi) is 5.17. The van der Waals surface area contributed by atoms with Crippen molar-refractivity contribution in [2.45, 2.75) is 38.4 Å². The Morgan fingerprint density at radius 3 is 2.62 bits per heavy atom. The third-order valence-electron chi connectivity index (χ3n) is 4.46. The first-order valence-electron chi connectivity index (χ1n) is 8.19. The topological polar surface area (TPSA) is 33.5 Å². The van der Waals surface area contributed by atoms with Crippen LogP contribution in [0, 0.1) is 5.82 Å². The van der Waals surface area contributed by atoms with Crippen LogP contribution in [-0.4, -0.2) is 18.0 Å². The molecule has 2 aromatic rings. The molecule has 1 aliphatic carbocycles. The summed E-state index contributed by atoms with van der Waals surface area (Å²) in [5.74, 6) is -0.264. The second-order valence-electron chi connectivity index (χ2n) is 6.37. The normalized spacial score (nSPS) is 16.5. The average molecular weight is 348 g/mol. The highest BCUT2D eigenvalue weighted by atomic mass is 35.5. The number of hydrogen-bond acceptors (Lipinski definition) is 1. The first kappa shape index (κ1) is 16.9. The smallest absolute Gasteiger partial charge is 0.282 e. The number of carbonyl (C=O) groups is 1. The zero-order chi connectivity index (χ0) is 17.1. The van der Waals surface area contributed by atoms with E-state index in [0.29, 0.717) is 16.8 Å². The number of carbonyl (C=O) groups excluding carboxylic acids is 1. The van der Waals surface area contributed by atoms with Gasteiger partial charge in [0.25, 0.3) is 5.91 Å². The first-order chi connectivity index (χ1) is 11.5. The summed E-state index contributed by atoms with van der Waals surface area (Å²) in [6.07, 6.45) is 2.26. The third kappa shape index (κ3) is 4.34. The van der Waals surface area contributed by atoms with Gasteiger partial charge in [0.05, 0.1) is 6.04 Å². The van der Waals surface area contributed by atoms with E-state index in [2.05, 4.69) is 5.32 Å². The lowest BCUT2D eigenvalue weighted by Crippen LogP contribution is -3.16. The molecule has 2 atom stereocenters. The van der Waals surface area contributed by atoms with Crippen LogP contribution in [0.1, 0.15) is 25.3 Å². The van der Waals surface area contributed by atoms with Gasteiger partial charge in [-0.2, -0.15) is 0 Å². The van der Waals surface area contributed by atoms with E-state index in [0.717, 1.165) is 24.9 Å². The van der Waals surface area contributed by atoms with E-state index in [9.17, 15) is 9.18 Å². The van der Waals surface area contributed by atoms with Crippen LogP contribution in [0.2, 0.25) is 5.02 Å². The van der Waals surface area contributed by atoms with E-state index in [-0.39, 0.29) is 17.8 Å². The number of anilines is 1. The molecule has 2 aromatic carbocycles. The summed E-state index contributed by atoms with van der Waals surface area (Å²) in [5.41, 5.74) is 1.75. The van der Waals surface area contributed by atoms with E-state index in [1.807, 2.05) is 19.1 Å². The lowest BCUT2D eigenvalue weighted by Gasteiger charge is -2.25. The lowest BCUT2D eigenvalue weighted by atomic mass is 10.1. The second-order valence-corrected chi connectivity index (χ2v) is 6.81. The van der Waals surface area contributed by atoms with Gasteiger partial charge in [-0.3, -0.25) is 4.79 Å². The predicted octanol–water partition coefficient (Wildman–Crippen LogP) is 3.05. The maximum absolute atomic E-state index is 13.1. The van der Waals surface area contributed by atoms with Crippen molar-refractivity contribution >= 4 is 23.2 Å². The summed E-state index contributed by atoms with van der Waals surface area (Å²) in [6.45, 7) is 2.66. The second kappa shape index (κ2) is 7.32. The molecular weight excluding hydrogens is 327 g/mol. The van der Waals surface area contributed by atoms with Crippen molar-refractivity contribution in [2.75, 3.05) is 5.32 Å². The molecule has 1 saturated carbocycles. The summed E-state index contributed by atoms with van der Waals surface area (Å²) in [4.78, 5) is 13.8. The minimum absolute atomic E-state index is 0.0266. The van der Waals surface area contributed by atoms with Crippen molar-refractivity contribution in [3.8, 4) is 0 Å². The van der Waals surface area contributed by atoms with Crippen LogP contribution < -0.4 is 10.2 Å². The van der Waals surface area contributed by atoms with Gasteiger partial charge >= 0.3 is 0 Å². The van der Waals surface area contributed by atoms with Crippen molar-refractivity contribution in [3.63, 3.8) is 0 Å². The van der Waals surface area contributed by atoms with E-state index in [1.165, 1.54) is 17.0 Å². The SMILES string of the molecule is C[C@H](C(=O)Nc1cccc(Cl)c1)[NH+](Cc1ccc(F)cc1)C1CC1. The number of rotatable bonds is 6. The molecule has 0 aromatic heterocycles. The molecule has 24 heavy (non-hydrogen) atoms. The van der Waals surface area contributed by atoms with Crippen LogP contribution in [0.3, 0.4) is 0 Å². The molecule has 1 unspecified atom stereocenters. The van der Waals surface area contributed by atoms with E-state index in [4.69, 9.17) is 11.6 Å². The van der Waals surface area contributed by atoms with Gasteiger partial charge < -0.3 is 10.2 Å². The Morgan fingerprint density at radius 1 is 1.29 bits per heavy atom. The third-order valence-corrected chi connectivity index (χ3v) is 4.70. The summed E-state index contributed by atoms with van der Waals surface area (Å²) in [7, 11) is 0. The molecule has 0 saturated heterocycles. The van der Waals surface area contributed by atoms with E-state index < -0.39 is 0 Å². The van der Waals surface area contributed by atoms with Crippen LogP contribution in [0.15, 0.2) is 48.5 Å². The largest absolute Gasteiger partial charge is 0.321 e. The van der Waals surface area contributed by atoms with Gasteiger partial charge in [0.1, 0.15) is 12.4 Å². The Hall–Kier alpha value is -1.91. The van der Waals surface area contributed by atoms with Gasteiger partial charge in [-0.15, -0.1) is 0 Å². The Labute approximate surface area is 146 Å². The standard InChI is InChI=1S/C19H20ClFN2O/c1-13(19(24)22-17-4-2-3-15(20)11-17)23(18-9-10-18)12-14-5-7-16(21)8-6-14/h2-8,11,13,18H,9-10,12H2,1H3,(H,22,24)/p+1/t13-/m1/s1. The van der Waals surface area contributed by atoms with Crippen LogP contribution in [0.25, 0.3) is 0 Å². The van der Waals surface area contributed by atoms with Crippen molar-refractivity contribution in [1.29, 1.82) is 0 Å². The van der Waals surface area contributed by atoms with Crippen molar-refractivity contribution in [3.05, 3.63) is 64.9 Å². The van der Waals surface area contributed by atoms with Gasteiger partial charge in [0.2, 0.25) is 0 Å². The van der Waals surface area contributed by atoms with Gasteiger partial charge in [0, 0.05) is 29.1 Å². The molecule has 3 rings (SSSR count). The van der Waals surface area contributed by atoms with Crippen LogP contribution in [0.5, 0.6) is 0 Å². The molecule has 3 nitrogen and oxygen atoms in total. The minimum Gasteiger partial charge on any atom is -0.321 e. The van der Waals surface area contributed by atoms with Gasteiger partial charge in [-0.05, 0) is 37.3 Å². The maximum atomic E-state index is 13.1. The van der Waals surface area contributed by atoms with Crippen molar-refractivity contribution in [2.24, 2.45) is 0 Å². The van der Waals surface area contributed by atoms with Gasteiger partial charge in [0.15, 0.2) is 6.04 Å². The lowest BCUT2D eigenvalue weighted by molar-refractivity contribution is -0.938. The summed E-state index contributed by atoms with van der Waals surface area (Å²) >= 11 is 5.96. The summed E-state index contributed by atoms with van der Waals surface area (Å²) in [6, 6.07) is 14.0. The van der Waals surface area contributed by atoms with Crippen LogP contribution in [0.4, 0.5) is 10.1 Å². The molecular formula is C19H21ClFN2O+. The first-order valence-corrected chi connectivity index (χ1v) is 8.57. The predicted molar refractivity (Wildman–Crippen MR) is 93.6 cm³/mol. The molecule has 0 heterocycles. The Balaban J connectivity index is 1.68. The zero-order valence-electron chi connectivity index (χ0n) is 13.6. The molecule has 1 aliphatic rings. The van der Waals surface area contributed by atoms with Crippen molar-refractivity contribution in [1.82, 2.24) is 0 Å². The molecule has 2 N–H and O–H groups in total. The monoisotopic (exact) mass is 347 g/mol. The maximum Gasteiger partial charge on any atom is 0.282 e. The van der Waals surface area contributed by atoms with Crippen molar-refractivity contribution < 1.29 is 14.1 Å². The molecule has 0 radical (unpaired) electrons. The number of amides is 1. The number of hydrogen-bond donors (Lipinski definition) is 2. The Morgan fingerprint density at radius 2 is 2.00 bits per heavy atom. The van der Waals surface area contributed by atoms with E-state index >= 15 is 0 Å². The van der Waals surface area contributed by atoms with Crippen LogP contribution >= 0.6 is 11.6 Å². The molecule has 1 amide bonds. The van der Waals surface area contributed by atoms with Crippen LogP contribution in [-0.2, 0) is 11.3 Å². The quantitative estimate of drug-likeness (QED) is 0.827. The van der Waals surface area contributed by atoms with Gasteiger partial charge in [-0.25, -0.2) is 4.39 Å². The number of quaternary nitrogens is 1. The molecule has 0 aliphatic heterocycles. The molecule has 5 heteroatoms. The fraction of sp³-hybridized carbons (Fsp3) is 0.316. The molecule has 0 spiro atoms. The minimum atomic E-state index is -0.238. The highest BCUT2D eigenvalue weighted by Crippen LogP contribution is 2.18. The average Bonchev–Trinajstić information content (AvgIpc) is 3.38. The molecule has 126 valence electrons. The molecule has 1 fully saturated rings.